The van der Waals surface area contributed by atoms with Gasteiger partial charge in [0.2, 0.25) is 5.76 Å². The lowest BCUT2D eigenvalue weighted by Gasteiger charge is -2.48. The number of hydrogen-bond acceptors (Lipinski definition) is 5. The van der Waals surface area contributed by atoms with Crippen LogP contribution in [0.15, 0.2) is 41.1 Å². The third kappa shape index (κ3) is 3.13. The number of aromatic nitrogens is 1. The van der Waals surface area contributed by atoms with Gasteiger partial charge in [-0.1, -0.05) is 29.4 Å². The minimum absolute atomic E-state index is 0.185. The van der Waals surface area contributed by atoms with Crippen LogP contribution in [0.3, 0.4) is 0 Å². The summed E-state index contributed by atoms with van der Waals surface area (Å²) < 4.78 is 32.8. The van der Waals surface area contributed by atoms with Crippen molar-refractivity contribution in [3.05, 3.63) is 53.4 Å². The summed E-state index contributed by atoms with van der Waals surface area (Å²) in [5, 5.41) is 3.64. The Kier molecular flexibility index (Phi) is 4.76. The van der Waals surface area contributed by atoms with Gasteiger partial charge in [0.25, 0.3) is 16.1 Å². The molecule has 0 unspecified atom stereocenters. The van der Waals surface area contributed by atoms with Crippen molar-refractivity contribution in [3.63, 3.8) is 0 Å². The van der Waals surface area contributed by atoms with E-state index in [2.05, 4.69) is 11.2 Å². The molecule has 0 atom stereocenters. The summed E-state index contributed by atoms with van der Waals surface area (Å²) in [5.41, 5.74) is 2.06. The van der Waals surface area contributed by atoms with Crippen LogP contribution in [0.1, 0.15) is 34.5 Å². The van der Waals surface area contributed by atoms with Gasteiger partial charge in [-0.15, -0.1) is 0 Å². The summed E-state index contributed by atoms with van der Waals surface area (Å²) in [7, 11) is -0.337. The summed E-state index contributed by atoms with van der Waals surface area (Å²) in [6.07, 6.45) is 2.79. The molecule has 1 fully saturated rings. The Balaban J connectivity index is 1.64. The highest BCUT2D eigenvalue weighted by Crippen LogP contribution is 2.42. The molecule has 1 saturated heterocycles. The highest BCUT2D eigenvalue weighted by molar-refractivity contribution is 7.86. The fourth-order valence-electron chi connectivity index (χ4n) is 4.32. The zero-order valence-corrected chi connectivity index (χ0v) is 16.9. The first-order valence-corrected chi connectivity index (χ1v) is 10.7. The Bertz CT molecular complexity index is 964. The topological polar surface area (TPSA) is 87.0 Å². The van der Waals surface area contributed by atoms with Crippen LogP contribution in [0, 0.1) is 0 Å². The summed E-state index contributed by atoms with van der Waals surface area (Å²) in [4.78, 5) is 14.7. The molecule has 2 aliphatic heterocycles. The zero-order chi connectivity index (χ0) is 19.9. The number of carbonyl (C=O) groups is 1. The molecule has 0 N–H and O–H groups in total. The average Bonchev–Trinajstić information content (AvgIpc) is 3.22. The van der Waals surface area contributed by atoms with E-state index in [0.717, 1.165) is 5.56 Å². The molecule has 0 aliphatic carbocycles. The van der Waals surface area contributed by atoms with Crippen molar-refractivity contribution >= 4 is 16.1 Å². The molecule has 150 valence electrons. The molecule has 0 bridgehead atoms. The van der Waals surface area contributed by atoms with Gasteiger partial charge < -0.3 is 9.42 Å². The predicted molar refractivity (Wildman–Crippen MR) is 103 cm³/mol. The second-order valence-corrected chi connectivity index (χ2v) is 9.81. The fraction of sp³-hybridized carbons (Fsp3) is 0.474. The summed E-state index contributed by atoms with van der Waals surface area (Å²) in [6, 6.07) is 9.71. The third-order valence-electron chi connectivity index (χ3n) is 5.85. The number of benzene rings is 1. The SMILES string of the molecule is CN(C)S(=O)(=O)N1CCC2(CC1)CN(C(=O)c1ccno1)Cc1ccccc12. The van der Waals surface area contributed by atoms with Gasteiger partial charge in [0.15, 0.2) is 0 Å². The second-order valence-electron chi connectivity index (χ2n) is 7.66. The van der Waals surface area contributed by atoms with Gasteiger partial charge in [-0.2, -0.15) is 17.0 Å². The summed E-state index contributed by atoms with van der Waals surface area (Å²) in [6.45, 7) is 1.91. The van der Waals surface area contributed by atoms with E-state index in [9.17, 15) is 13.2 Å². The number of amides is 1. The van der Waals surface area contributed by atoms with Crippen LogP contribution in [-0.4, -0.2) is 66.7 Å². The van der Waals surface area contributed by atoms with Crippen molar-refractivity contribution in [1.29, 1.82) is 0 Å². The second kappa shape index (κ2) is 6.98. The Morgan fingerprint density at radius 1 is 1.18 bits per heavy atom. The summed E-state index contributed by atoms with van der Waals surface area (Å²) in [5.74, 6) is 0.0388. The van der Waals surface area contributed by atoms with Crippen molar-refractivity contribution in [3.8, 4) is 0 Å². The minimum atomic E-state index is -3.44. The van der Waals surface area contributed by atoms with E-state index in [1.54, 1.807) is 25.1 Å². The van der Waals surface area contributed by atoms with Gasteiger partial charge in [0.05, 0.1) is 6.20 Å². The molecule has 8 nitrogen and oxygen atoms in total. The van der Waals surface area contributed by atoms with E-state index in [1.165, 1.54) is 20.4 Å². The number of fused-ring (bicyclic) bond motifs is 2. The van der Waals surface area contributed by atoms with E-state index >= 15 is 0 Å². The molecule has 2 aliphatic rings. The number of hydrogen-bond donors (Lipinski definition) is 0. The number of carbonyl (C=O) groups excluding carboxylic acids is 1. The van der Waals surface area contributed by atoms with Gasteiger partial charge in [0.1, 0.15) is 0 Å². The minimum Gasteiger partial charge on any atom is -0.351 e. The Hall–Kier alpha value is -2.23. The van der Waals surface area contributed by atoms with Gasteiger partial charge >= 0.3 is 0 Å². The highest BCUT2D eigenvalue weighted by Gasteiger charge is 2.45. The van der Waals surface area contributed by atoms with Crippen molar-refractivity contribution in [1.82, 2.24) is 18.7 Å². The first-order valence-electron chi connectivity index (χ1n) is 9.29. The van der Waals surface area contributed by atoms with Crippen molar-refractivity contribution in [2.24, 2.45) is 0 Å². The largest absolute Gasteiger partial charge is 0.351 e. The lowest BCUT2D eigenvalue weighted by Crippen LogP contribution is -2.55. The van der Waals surface area contributed by atoms with E-state index in [4.69, 9.17) is 4.52 Å². The summed E-state index contributed by atoms with van der Waals surface area (Å²) >= 11 is 0. The maximum Gasteiger partial charge on any atom is 0.292 e. The van der Waals surface area contributed by atoms with E-state index in [0.29, 0.717) is 39.0 Å². The lowest BCUT2D eigenvalue weighted by molar-refractivity contribution is 0.0578. The zero-order valence-electron chi connectivity index (χ0n) is 16.0. The lowest BCUT2D eigenvalue weighted by atomic mass is 9.69. The number of rotatable bonds is 3. The van der Waals surface area contributed by atoms with Crippen molar-refractivity contribution < 1.29 is 17.7 Å². The number of piperidine rings is 1. The van der Waals surface area contributed by atoms with Crippen LogP contribution in [0.25, 0.3) is 0 Å². The Labute approximate surface area is 164 Å². The molecule has 9 heteroatoms. The Morgan fingerprint density at radius 2 is 1.89 bits per heavy atom. The molecule has 1 aromatic carbocycles. The molecule has 1 aromatic heterocycles. The van der Waals surface area contributed by atoms with E-state index < -0.39 is 10.2 Å². The standard InChI is InChI=1S/C19H24N4O4S/c1-21(2)28(25,26)23-11-8-19(9-12-23)14-22(18(24)17-7-10-20-27-17)13-15-5-3-4-6-16(15)19/h3-7,10H,8-9,11-14H2,1-2H3. The van der Waals surface area contributed by atoms with Gasteiger partial charge in [-0.25, -0.2) is 0 Å². The average molecular weight is 404 g/mol. The van der Waals surface area contributed by atoms with Crippen molar-refractivity contribution in [2.45, 2.75) is 24.8 Å². The molecule has 0 radical (unpaired) electrons. The highest BCUT2D eigenvalue weighted by atomic mass is 32.2. The van der Waals surface area contributed by atoms with E-state index in [-0.39, 0.29) is 17.1 Å². The first-order chi connectivity index (χ1) is 13.3. The van der Waals surface area contributed by atoms with Crippen LogP contribution in [0.2, 0.25) is 0 Å². The van der Waals surface area contributed by atoms with Crippen molar-refractivity contribution in [2.75, 3.05) is 33.7 Å². The Morgan fingerprint density at radius 3 is 2.54 bits per heavy atom. The first kappa shape index (κ1) is 19.1. The normalized spacial score (nSPS) is 19.8. The monoisotopic (exact) mass is 404 g/mol. The quantitative estimate of drug-likeness (QED) is 0.773. The third-order valence-corrected chi connectivity index (χ3v) is 7.79. The van der Waals surface area contributed by atoms with Crippen LogP contribution in [-0.2, 0) is 22.2 Å². The van der Waals surface area contributed by atoms with Gasteiger partial charge in [-0.05, 0) is 24.0 Å². The van der Waals surface area contributed by atoms with Crippen LogP contribution >= 0.6 is 0 Å². The van der Waals surface area contributed by atoms with Gasteiger partial charge in [0, 0.05) is 51.8 Å². The number of nitrogens with zero attached hydrogens (tertiary/aromatic N) is 4. The van der Waals surface area contributed by atoms with Crippen LogP contribution in [0.5, 0.6) is 0 Å². The van der Waals surface area contributed by atoms with Crippen LogP contribution < -0.4 is 0 Å². The van der Waals surface area contributed by atoms with E-state index in [1.807, 2.05) is 18.2 Å². The molecule has 1 spiro atoms. The molecular weight excluding hydrogens is 380 g/mol. The smallest absolute Gasteiger partial charge is 0.292 e. The van der Waals surface area contributed by atoms with Gasteiger partial charge in [-0.3, -0.25) is 4.79 Å². The fourth-order valence-corrected chi connectivity index (χ4v) is 5.42. The maximum atomic E-state index is 12.9. The molecule has 0 saturated carbocycles. The molecule has 2 aromatic rings. The molecule has 1 amide bonds. The maximum absolute atomic E-state index is 12.9. The molecule has 3 heterocycles. The molecule has 28 heavy (non-hydrogen) atoms. The molecular formula is C19H24N4O4S. The molecule has 4 rings (SSSR count). The van der Waals surface area contributed by atoms with Crippen LogP contribution in [0.4, 0.5) is 0 Å². The predicted octanol–water partition coefficient (Wildman–Crippen LogP) is 1.47.